The van der Waals surface area contributed by atoms with Crippen molar-refractivity contribution in [2.24, 2.45) is 17.4 Å². The monoisotopic (exact) mass is 249 g/mol. The summed E-state index contributed by atoms with van der Waals surface area (Å²) in [6.07, 6.45) is 3.41. The smallest absolute Gasteiger partial charge is 0.237 e. The van der Waals surface area contributed by atoms with E-state index < -0.39 is 11.9 Å². The van der Waals surface area contributed by atoms with Crippen LogP contribution in [0.3, 0.4) is 0 Å². The van der Waals surface area contributed by atoms with Gasteiger partial charge in [0, 0.05) is 6.04 Å². The van der Waals surface area contributed by atoms with Gasteiger partial charge in [0.2, 0.25) is 11.8 Å². The highest BCUT2D eigenvalue weighted by atomic mass is 35.5. The van der Waals surface area contributed by atoms with Crippen molar-refractivity contribution in [3.63, 3.8) is 0 Å². The Balaban J connectivity index is 0.00000225. The van der Waals surface area contributed by atoms with E-state index in [9.17, 15) is 9.59 Å². The molecule has 6 heteroatoms. The second-order valence-electron chi connectivity index (χ2n) is 4.37. The molecule has 1 fully saturated rings. The van der Waals surface area contributed by atoms with Gasteiger partial charge in [-0.25, -0.2) is 0 Å². The highest BCUT2D eigenvalue weighted by Gasteiger charge is 2.25. The van der Waals surface area contributed by atoms with E-state index in [0.29, 0.717) is 0 Å². The number of nitrogens with two attached hydrogens (primary N) is 2. The fourth-order valence-electron chi connectivity index (χ4n) is 1.57. The largest absolute Gasteiger partial charge is 0.370 e. The van der Waals surface area contributed by atoms with Crippen molar-refractivity contribution >= 4 is 24.2 Å². The van der Waals surface area contributed by atoms with Gasteiger partial charge in [-0.1, -0.05) is 12.8 Å². The van der Waals surface area contributed by atoms with E-state index in [1.54, 1.807) is 0 Å². The summed E-state index contributed by atoms with van der Waals surface area (Å²) >= 11 is 0. The number of primary amides is 1. The fourth-order valence-corrected chi connectivity index (χ4v) is 1.57. The summed E-state index contributed by atoms with van der Waals surface area (Å²) in [6.45, 7) is 1.95. The van der Waals surface area contributed by atoms with Gasteiger partial charge in [0.1, 0.15) is 0 Å². The minimum absolute atomic E-state index is 0. The van der Waals surface area contributed by atoms with Crippen LogP contribution in [0, 0.1) is 5.92 Å². The van der Waals surface area contributed by atoms with Crippen LogP contribution in [-0.4, -0.2) is 23.9 Å². The van der Waals surface area contributed by atoms with Gasteiger partial charge in [0.25, 0.3) is 0 Å². The van der Waals surface area contributed by atoms with Crippen LogP contribution >= 0.6 is 12.4 Å². The van der Waals surface area contributed by atoms with Crippen LogP contribution in [0.1, 0.15) is 32.6 Å². The van der Waals surface area contributed by atoms with E-state index in [1.807, 2.05) is 6.92 Å². The van der Waals surface area contributed by atoms with E-state index in [1.165, 1.54) is 12.8 Å². The molecule has 5 nitrogen and oxygen atoms in total. The number of halogens is 1. The van der Waals surface area contributed by atoms with E-state index in [0.717, 1.165) is 12.3 Å². The Morgan fingerprint density at radius 1 is 1.44 bits per heavy atom. The molecule has 16 heavy (non-hydrogen) atoms. The van der Waals surface area contributed by atoms with Gasteiger partial charge in [-0.2, -0.15) is 0 Å². The van der Waals surface area contributed by atoms with E-state index in [2.05, 4.69) is 5.32 Å². The summed E-state index contributed by atoms with van der Waals surface area (Å²) in [5, 5.41) is 2.78. The maximum absolute atomic E-state index is 11.4. The molecule has 1 saturated carbocycles. The molecule has 2 amide bonds. The molecule has 1 aliphatic rings. The zero-order chi connectivity index (χ0) is 11.4. The third-order valence-electron chi connectivity index (χ3n) is 2.53. The molecule has 2 atom stereocenters. The molecular formula is C10H20ClN3O2. The Bertz CT molecular complexity index is 256. The van der Waals surface area contributed by atoms with Crippen LogP contribution in [0.5, 0.6) is 0 Å². The quantitative estimate of drug-likeness (QED) is 0.614. The van der Waals surface area contributed by atoms with Crippen molar-refractivity contribution in [2.45, 2.75) is 44.7 Å². The van der Waals surface area contributed by atoms with Crippen LogP contribution in [-0.2, 0) is 9.59 Å². The van der Waals surface area contributed by atoms with Gasteiger partial charge < -0.3 is 16.8 Å². The first kappa shape index (κ1) is 15.2. The molecule has 0 aromatic rings. The maximum Gasteiger partial charge on any atom is 0.237 e. The summed E-state index contributed by atoms with van der Waals surface area (Å²) in [4.78, 5) is 22.0. The second-order valence-corrected chi connectivity index (χ2v) is 4.37. The average molecular weight is 250 g/mol. The van der Waals surface area contributed by atoms with Crippen LogP contribution in [0.15, 0.2) is 0 Å². The van der Waals surface area contributed by atoms with Crippen molar-refractivity contribution in [2.75, 3.05) is 0 Å². The summed E-state index contributed by atoms with van der Waals surface area (Å²) in [5.74, 6) is -0.0814. The first-order chi connectivity index (χ1) is 6.99. The Kier molecular flexibility index (Phi) is 6.36. The fraction of sp³-hybridized carbons (Fsp3) is 0.800. The lowest BCUT2D eigenvalue weighted by atomic mass is 10.1. The standard InChI is InChI=1S/C10H19N3O2.ClH/c1-6(4-7-2-3-7)13-10(15)8(11)5-9(12)14;/h6-8H,2-5,11H2,1H3,(H2,12,14)(H,13,15);1H. The molecular weight excluding hydrogens is 230 g/mol. The highest BCUT2D eigenvalue weighted by Crippen LogP contribution is 2.33. The Hall–Kier alpha value is -0.810. The average Bonchev–Trinajstić information content (AvgIpc) is 2.86. The van der Waals surface area contributed by atoms with Crippen LogP contribution < -0.4 is 16.8 Å². The van der Waals surface area contributed by atoms with Crippen molar-refractivity contribution in [3.05, 3.63) is 0 Å². The first-order valence-electron chi connectivity index (χ1n) is 5.33. The summed E-state index contributed by atoms with van der Waals surface area (Å²) < 4.78 is 0. The van der Waals surface area contributed by atoms with Gasteiger partial charge in [-0.3, -0.25) is 9.59 Å². The van der Waals surface area contributed by atoms with Crippen LogP contribution in [0.25, 0.3) is 0 Å². The van der Waals surface area contributed by atoms with Gasteiger partial charge >= 0.3 is 0 Å². The van der Waals surface area contributed by atoms with E-state index in [4.69, 9.17) is 11.5 Å². The molecule has 5 N–H and O–H groups in total. The summed E-state index contributed by atoms with van der Waals surface area (Å²) in [6, 6.07) is -0.687. The van der Waals surface area contributed by atoms with Gasteiger partial charge in [-0.05, 0) is 19.3 Å². The van der Waals surface area contributed by atoms with Crippen molar-refractivity contribution in [3.8, 4) is 0 Å². The third-order valence-corrected chi connectivity index (χ3v) is 2.53. The van der Waals surface area contributed by atoms with Gasteiger partial charge in [-0.15, -0.1) is 12.4 Å². The molecule has 0 aliphatic heterocycles. The molecule has 2 unspecified atom stereocenters. The summed E-state index contributed by atoms with van der Waals surface area (Å²) in [7, 11) is 0. The SMILES string of the molecule is CC(CC1CC1)NC(=O)C(N)CC(N)=O.Cl. The maximum atomic E-state index is 11.4. The topological polar surface area (TPSA) is 98.2 Å². The number of hydrogen-bond donors (Lipinski definition) is 3. The molecule has 0 bridgehead atoms. The molecule has 0 saturated heterocycles. The van der Waals surface area contributed by atoms with Gasteiger partial charge in [0.05, 0.1) is 12.5 Å². The normalized spacial score (nSPS) is 18.1. The summed E-state index contributed by atoms with van der Waals surface area (Å²) in [5.41, 5.74) is 10.5. The minimum atomic E-state index is -0.816. The number of carbonyl (C=O) groups is 2. The zero-order valence-corrected chi connectivity index (χ0v) is 10.3. The second kappa shape index (κ2) is 6.70. The first-order valence-corrected chi connectivity index (χ1v) is 5.33. The Morgan fingerprint density at radius 3 is 2.44 bits per heavy atom. The van der Waals surface area contributed by atoms with E-state index >= 15 is 0 Å². The van der Waals surface area contributed by atoms with Gasteiger partial charge in [0.15, 0.2) is 0 Å². The number of carbonyl (C=O) groups excluding carboxylic acids is 2. The van der Waals surface area contributed by atoms with Crippen molar-refractivity contribution < 1.29 is 9.59 Å². The number of nitrogens with one attached hydrogen (secondary N) is 1. The van der Waals surface area contributed by atoms with Crippen molar-refractivity contribution in [1.82, 2.24) is 5.32 Å². The molecule has 0 aromatic heterocycles. The van der Waals surface area contributed by atoms with Crippen molar-refractivity contribution in [1.29, 1.82) is 0 Å². The highest BCUT2D eigenvalue weighted by molar-refractivity contribution is 5.87. The lowest BCUT2D eigenvalue weighted by molar-refractivity contribution is -0.126. The predicted molar refractivity (Wildman–Crippen MR) is 64.0 cm³/mol. The number of amides is 2. The zero-order valence-electron chi connectivity index (χ0n) is 9.44. The Labute approximate surface area is 102 Å². The van der Waals surface area contributed by atoms with Crippen LogP contribution in [0.4, 0.5) is 0 Å². The lowest BCUT2D eigenvalue weighted by Gasteiger charge is -2.16. The molecule has 0 spiro atoms. The molecule has 1 rings (SSSR count). The third kappa shape index (κ3) is 5.92. The minimum Gasteiger partial charge on any atom is -0.370 e. The number of rotatable bonds is 6. The molecule has 0 heterocycles. The van der Waals surface area contributed by atoms with E-state index in [-0.39, 0.29) is 30.8 Å². The Morgan fingerprint density at radius 2 is 2.00 bits per heavy atom. The molecule has 1 aliphatic carbocycles. The molecule has 94 valence electrons. The predicted octanol–water partition coefficient (Wildman–Crippen LogP) is -0.0843. The lowest BCUT2D eigenvalue weighted by Crippen LogP contribution is -2.46. The van der Waals surface area contributed by atoms with Crippen LogP contribution in [0.2, 0.25) is 0 Å². The molecule has 0 aromatic carbocycles. The molecule has 0 radical (unpaired) electrons. The number of hydrogen-bond acceptors (Lipinski definition) is 3.